The van der Waals surface area contributed by atoms with Crippen molar-refractivity contribution in [2.24, 2.45) is 0 Å². The van der Waals surface area contributed by atoms with Crippen molar-refractivity contribution in [3.63, 3.8) is 0 Å². The van der Waals surface area contributed by atoms with E-state index in [0.717, 1.165) is 36.2 Å². The summed E-state index contributed by atoms with van der Waals surface area (Å²) in [5.41, 5.74) is 2.87. The zero-order valence-corrected chi connectivity index (χ0v) is 18.9. The zero-order chi connectivity index (χ0) is 21.4. The van der Waals surface area contributed by atoms with Crippen molar-refractivity contribution in [3.05, 3.63) is 42.4 Å². The summed E-state index contributed by atoms with van der Waals surface area (Å²) >= 11 is 0. The van der Waals surface area contributed by atoms with Gasteiger partial charge in [0.15, 0.2) is 0 Å². The summed E-state index contributed by atoms with van der Waals surface area (Å²) in [5.74, 6) is 0.438. The predicted octanol–water partition coefficient (Wildman–Crippen LogP) is 7.31. The van der Waals surface area contributed by atoms with E-state index in [1.807, 2.05) is 36.7 Å². The van der Waals surface area contributed by atoms with Crippen LogP contribution in [0.25, 0.3) is 11.3 Å². The third kappa shape index (κ3) is 9.51. The van der Waals surface area contributed by atoms with Gasteiger partial charge in [0.25, 0.3) is 0 Å². The number of hydrogen-bond donors (Lipinski definition) is 0. The Morgan fingerprint density at radius 2 is 1.40 bits per heavy atom. The van der Waals surface area contributed by atoms with Gasteiger partial charge in [-0.1, -0.05) is 71.6 Å². The van der Waals surface area contributed by atoms with E-state index < -0.39 is 0 Å². The number of carbonyl (C=O) groups excluding carboxylic acids is 1. The molecule has 0 bridgehead atoms. The number of aromatic nitrogens is 2. The van der Waals surface area contributed by atoms with E-state index in [1.165, 1.54) is 57.8 Å². The molecule has 0 saturated carbocycles. The van der Waals surface area contributed by atoms with Crippen LogP contribution in [0.2, 0.25) is 0 Å². The Hall–Kier alpha value is -2.23. The van der Waals surface area contributed by atoms with Gasteiger partial charge < -0.3 is 4.74 Å². The Labute approximate surface area is 182 Å². The molecule has 0 aliphatic heterocycles. The van der Waals surface area contributed by atoms with E-state index in [9.17, 15) is 4.79 Å². The third-order valence-electron chi connectivity index (χ3n) is 5.36. The van der Waals surface area contributed by atoms with E-state index in [-0.39, 0.29) is 5.97 Å². The van der Waals surface area contributed by atoms with Gasteiger partial charge >= 0.3 is 5.97 Å². The first kappa shape index (κ1) is 24.0. The normalized spacial score (nSPS) is 10.9. The minimum atomic E-state index is -0.152. The van der Waals surface area contributed by atoms with Crippen LogP contribution < -0.4 is 4.74 Å². The van der Waals surface area contributed by atoms with Crippen molar-refractivity contribution in [3.8, 4) is 17.0 Å². The monoisotopic (exact) mass is 410 g/mol. The number of carbonyl (C=O) groups is 1. The number of benzene rings is 1. The molecule has 0 saturated heterocycles. The molecule has 30 heavy (non-hydrogen) atoms. The highest BCUT2D eigenvalue weighted by Crippen LogP contribution is 2.21. The fraction of sp³-hybridized carbons (Fsp3) is 0.577. The molecule has 0 spiro atoms. The lowest BCUT2D eigenvalue weighted by Crippen LogP contribution is -2.07. The van der Waals surface area contributed by atoms with Crippen LogP contribution in [0.15, 0.2) is 36.7 Å². The van der Waals surface area contributed by atoms with Crippen LogP contribution in [-0.2, 0) is 11.2 Å². The largest absolute Gasteiger partial charge is 0.427 e. The van der Waals surface area contributed by atoms with Gasteiger partial charge in [0.1, 0.15) is 5.75 Å². The van der Waals surface area contributed by atoms with Crippen LogP contribution in [0.4, 0.5) is 0 Å². The van der Waals surface area contributed by atoms with E-state index >= 15 is 0 Å². The highest BCUT2D eigenvalue weighted by Gasteiger charge is 2.06. The molecule has 1 heterocycles. The van der Waals surface area contributed by atoms with Gasteiger partial charge in [-0.15, -0.1) is 0 Å². The maximum absolute atomic E-state index is 12.0. The van der Waals surface area contributed by atoms with Crippen molar-refractivity contribution in [2.75, 3.05) is 0 Å². The number of aryl methyl sites for hydroxylation is 1. The van der Waals surface area contributed by atoms with Crippen LogP contribution >= 0.6 is 0 Å². The summed E-state index contributed by atoms with van der Waals surface area (Å²) in [6, 6.07) is 7.53. The smallest absolute Gasteiger partial charge is 0.311 e. The first-order valence-corrected chi connectivity index (χ1v) is 11.8. The SMILES string of the molecule is CCCCCCCCC(=O)Oc1ccc(-c2cnc(CCCCCCC)cn2)cc1. The van der Waals surface area contributed by atoms with Crippen LogP contribution in [0.5, 0.6) is 5.75 Å². The molecule has 1 aromatic carbocycles. The quantitative estimate of drug-likeness (QED) is 0.175. The molecule has 0 N–H and O–H groups in total. The molecule has 4 nitrogen and oxygen atoms in total. The van der Waals surface area contributed by atoms with Crippen molar-refractivity contribution in [2.45, 2.75) is 97.3 Å². The van der Waals surface area contributed by atoms with Crippen molar-refractivity contribution < 1.29 is 9.53 Å². The standard InChI is InChI=1S/C26H38N2O2/c1-3-5-7-9-11-13-15-26(29)30-24-18-16-22(17-19-24)25-21-27-23(20-28-25)14-12-10-8-6-4-2/h16-21H,3-15H2,1-2H3. The van der Waals surface area contributed by atoms with Gasteiger partial charge in [0.2, 0.25) is 0 Å². The summed E-state index contributed by atoms with van der Waals surface area (Å²) in [6.07, 6.45) is 18.5. The maximum atomic E-state index is 12.0. The molecule has 2 aromatic rings. The van der Waals surface area contributed by atoms with E-state index in [2.05, 4.69) is 23.8 Å². The van der Waals surface area contributed by atoms with Gasteiger partial charge in [0, 0.05) is 18.2 Å². The lowest BCUT2D eigenvalue weighted by atomic mass is 10.1. The van der Waals surface area contributed by atoms with Gasteiger partial charge in [0.05, 0.1) is 17.6 Å². The zero-order valence-electron chi connectivity index (χ0n) is 18.9. The van der Waals surface area contributed by atoms with Crippen LogP contribution in [0.3, 0.4) is 0 Å². The number of nitrogens with zero attached hydrogens (tertiary/aromatic N) is 2. The van der Waals surface area contributed by atoms with Crippen LogP contribution in [0.1, 0.15) is 96.6 Å². The summed E-state index contributed by atoms with van der Waals surface area (Å²) < 4.78 is 5.45. The Kier molecular flexibility index (Phi) is 11.8. The highest BCUT2D eigenvalue weighted by molar-refractivity contribution is 5.72. The second-order valence-electron chi connectivity index (χ2n) is 8.07. The molecule has 0 fully saturated rings. The number of ether oxygens (including phenoxy) is 1. The summed E-state index contributed by atoms with van der Waals surface area (Å²) in [4.78, 5) is 21.1. The molecule has 0 atom stereocenters. The summed E-state index contributed by atoms with van der Waals surface area (Å²) in [5, 5.41) is 0. The molecule has 0 radical (unpaired) electrons. The summed E-state index contributed by atoms with van der Waals surface area (Å²) in [6.45, 7) is 4.44. The summed E-state index contributed by atoms with van der Waals surface area (Å²) in [7, 11) is 0. The van der Waals surface area contributed by atoms with Gasteiger partial charge in [-0.25, -0.2) is 0 Å². The van der Waals surface area contributed by atoms with Crippen LogP contribution in [0, 0.1) is 0 Å². The Balaban J connectivity index is 1.73. The lowest BCUT2D eigenvalue weighted by Gasteiger charge is -2.06. The van der Waals surface area contributed by atoms with Crippen LogP contribution in [-0.4, -0.2) is 15.9 Å². The van der Waals surface area contributed by atoms with Crippen molar-refractivity contribution in [1.29, 1.82) is 0 Å². The van der Waals surface area contributed by atoms with E-state index in [4.69, 9.17) is 4.74 Å². The molecule has 164 valence electrons. The second kappa shape index (κ2) is 14.7. The molecule has 2 rings (SSSR count). The minimum Gasteiger partial charge on any atom is -0.427 e. The molecule has 4 heteroatoms. The predicted molar refractivity (Wildman–Crippen MR) is 124 cm³/mol. The van der Waals surface area contributed by atoms with Gasteiger partial charge in [-0.3, -0.25) is 14.8 Å². The van der Waals surface area contributed by atoms with Gasteiger partial charge in [-0.2, -0.15) is 0 Å². The number of unbranched alkanes of at least 4 members (excludes halogenated alkanes) is 9. The third-order valence-corrected chi connectivity index (χ3v) is 5.36. The molecule has 0 aliphatic carbocycles. The number of rotatable bonds is 15. The Morgan fingerprint density at radius 1 is 0.767 bits per heavy atom. The fourth-order valence-electron chi connectivity index (χ4n) is 3.47. The molecular weight excluding hydrogens is 372 g/mol. The Bertz CT molecular complexity index is 711. The topological polar surface area (TPSA) is 52.1 Å². The first-order valence-electron chi connectivity index (χ1n) is 11.8. The fourth-order valence-corrected chi connectivity index (χ4v) is 3.47. The molecule has 0 amide bonds. The molecule has 0 unspecified atom stereocenters. The average molecular weight is 411 g/mol. The molecule has 1 aromatic heterocycles. The first-order chi connectivity index (χ1) is 14.7. The number of hydrogen-bond acceptors (Lipinski definition) is 4. The lowest BCUT2D eigenvalue weighted by molar-refractivity contribution is -0.134. The van der Waals surface area contributed by atoms with Gasteiger partial charge in [-0.05, 0) is 43.5 Å². The minimum absolute atomic E-state index is 0.152. The molecule has 0 aliphatic rings. The van der Waals surface area contributed by atoms with Crippen molar-refractivity contribution in [1.82, 2.24) is 9.97 Å². The van der Waals surface area contributed by atoms with Crippen molar-refractivity contribution >= 4 is 5.97 Å². The second-order valence-corrected chi connectivity index (χ2v) is 8.07. The number of esters is 1. The average Bonchev–Trinajstić information content (AvgIpc) is 2.77. The Morgan fingerprint density at radius 3 is 2.03 bits per heavy atom. The molecular formula is C26H38N2O2. The highest BCUT2D eigenvalue weighted by atomic mass is 16.5. The van der Waals surface area contributed by atoms with E-state index in [1.54, 1.807) is 0 Å². The van der Waals surface area contributed by atoms with E-state index in [0.29, 0.717) is 12.2 Å². The maximum Gasteiger partial charge on any atom is 0.311 e.